The molecule has 3 heterocycles. The molecule has 0 spiro atoms. The largest absolute Gasteiger partial charge is 0.416 e. The first-order valence-corrected chi connectivity index (χ1v) is 9.18. The fraction of sp³-hybridized carbons (Fsp3) is 0. The first kappa shape index (κ1) is 18.4. The molecule has 0 aliphatic carbocycles. The lowest BCUT2D eigenvalue weighted by Crippen LogP contribution is -2.29. The maximum absolute atomic E-state index is 11.8. The number of aromatic nitrogens is 2. The predicted molar refractivity (Wildman–Crippen MR) is 108 cm³/mol. The summed E-state index contributed by atoms with van der Waals surface area (Å²) in [5, 5.41) is 8.08. The highest BCUT2D eigenvalue weighted by atomic mass is 16.4. The first-order chi connectivity index (χ1) is 15.0. The van der Waals surface area contributed by atoms with E-state index in [-0.39, 0.29) is 11.8 Å². The van der Waals surface area contributed by atoms with Gasteiger partial charge in [0.15, 0.2) is 0 Å². The van der Waals surface area contributed by atoms with Crippen LogP contribution in [0.2, 0.25) is 0 Å². The fourth-order valence-corrected chi connectivity index (χ4v) is 3.27. The third kappa shape index (κ3) is 3.14. The number of amides is 4. The molecule has 31 heavy (non-hydrogen) atoms. The van der Waals surface area contributed by atoms with Crippen molar-refractivity contribution in [2.75, 3.05) is 9.80 Å². The van der Waals surface area contributed by atoms with Crippen molar-refractivity contribution in [3.63, 3.8) is 0 Å². The van der Waals surface area contributed by atoms with E-state index in [1.165, 1.54) is 24.3 Å². The molecule has 150 valence electrons. The minimum absolute atomic E-state index is 0.261. The second-order valence-electron chi connectivity index (χ2n) is 6.70. The number of imide groups is 2. The van der Waals surface area contributed by atoms with Crippen LogP contribution in [0.25, 0.3) is 22.9 Å². The fourth-order valence-electron chi connectivity index (χ4n) is 3.27. The van der Waals surface area contributed by atoms with Crippen LogP contribution in [-0.4, -0.2) is 33.8 Å². The Bertz CT molecular complexity index is 1170. The summed E-state index contributed by atoms with van der Waals surface area (Å²) in [6, 6.07) is 13.2. The van der Waals surface area contributed by atoms with Gasteiger partial charge in [0, 0.05) is 35.4 Å². The molecule has 0 saturated heterocycles. The smallest absolute Gasteiger partial charge is 0.258 e. The minimum atomic E-state index is -0.394. The summed E-state index contributed by atoms with van der Waals surface area (Å²) in [6.45, 7) is 0. The van der Waals surface area contributed by atoms with Gasteiger partial charge in [0.25, 0.3) is 23.6 Å². The van der Waals surface area contributed by atoms with Gasteiger partial charge in [-0.3, -0.25) is 19.2 Å². The van der Waals surface area contributed by atoms with Crippen LogP contribution < -0.4 is 9.80 Å². The molecule has 2 aromatic carbocycles. The number of anilines is 2. The van der Waals surface area contributed by atoms with Crippen molar-refractivity contribution < 1.29 is 23.6 Å². The van der Waals surface area contributed by atoms with Crippen molar-refractivity contribution in [3.8, 4) is 22.9 Å². The molecular formula is C22H12N4O5. The Morgan fingerprint density at radius 2 is 0.839 bits per heavy atom. The van der Waals surface area contributed by atoms with E-state index >= 15 is 0 Å². The van der Waals surface area contributed by atoms with Gasteiger partial charge in [-0.25, -0.2) is 9.80 Å². The van der Waals surface area contributed by atoms with Gasteiger partial charge in [-0.2, -0.15) is 0 Å². The zero-order chi connectivity index (χ0) is 21.5. The monoisotopic (exact) mass is 412 g/mol. The summed E-state index contributed by atoms with van der Waals surface area (Å²) in [7, 11) is 0. The number of nitrogens with zero attached hydrogens (tertiary/aromatic N) is 4. The predicted octanol–water partition coefficient (Wildman–Crippen LogP) is 2.26. The lowest BCUT2D eigenvalue weighted by molar-refractivity contribution is -0.121. The summed E-state index contributed by atoms with van der Waals surface area (Å²) in [4.78, 5) is 49.2. The second-order valence-corrected chi connectivity index (χ2v) is 6.70. The van der Waals surface area contributed by atoms with Crippen molar-refractivity contribution in [1.29, 1.82) is 0 Å². The molecule has 2 aliphatic heterocycles. The van der Waals surface area contributed by atoms with Crippen molar-refractivity contribution in [2.24, 2.45) is 0 Å². The third-order valence-electron chi connectivity index (χ3n) is 4.79. The van der Waals surface area contributed by atoms with Crippen LogP contribution in [0.5, 0.6) is 0 Å². The number of hydrogen-bond acceptors (Lipinski definition) is 7. The van der Waals surface area contributed by atoms with E-state index in [2.05, 4.69) is 10.2 Å². The standard InChI is InChI=1S/C22H12N4O5/c27-17-9-10-18(28)25(17)15-5-1-13(2-6-15)21-23-24-22(31-21)14-3-7-16(8-4-14)26-19(29)11-12-20(26)30/h1-12H. The molecule has 9 nitrogen and oxygen atoms in total. The molecular weight excluding hydrogens is 400 g/mol. The molecule has 0 bridgehead atoms. The van der Waals surface area contributed by atoms with E-state index < -0.39 is 23.6 Å². The average Bonchev–Trinajstić information content (AvgIpc) is 3.48. The number of carbonyl (C=O) groups is 4. The third-order valence-corrected chi connectivity index (χ3v) is 4.79. The molecule has 0 radical (unpaired) electrons. The normalized spacial score (nSPS) is 15.6. The van der Waals surface area contributed by atoms with Crippen molar-refractivity contribution in [1.82, 2.24) is 10.2 Å². The van der Waals surface area contributed by atoms with Crippen molar-refractivity contribution in [3.05, 3.63) is 72.8 Å². The summed E-state index contributed by atoms with van der Waals surface area (Å²) >= 11 is 0. The second kappa shape index (κ2) is 6.99. The van der Waals surface area contributed by atoms with Gasteiger partial charge in [0.05, 0.1) is 11.4 Å². The van der Waals surface area contributed by atoms with Crippen molar-refractivity contribution in [2.45, 2.75) is 0 Å². The lowest BCUT2D eigenvalue weighted by atomic mass is 10.2. The van der Waals surface area contributed by atoms with Gasteiger partial charge < -0.3 is 4.42 Å². The number of carbonyl (C=O) groups excluding carboxylic acids is 4. The van der Waals surface area contributed by atoms with Crippen LogP contribution in [0, 0.1) is 0 Å². The van der Waals surface area contributed by atoms with Gasteiger partial charge in [0.1, 0.15) is 0 Å². The molecule has 0 N–H and O–H groups in total. The van der Waals surface area contributed by atoms with Gasteiger partial charge in [-0.05, 0) is 48.5 Å². The maximum atomic E-state index is 11.8. The van der Waals surface area contributed by atoms with Crippen molar-refractivity contribution >= 4 is 35.0 Å². The van der Waals surface area contributed by atoms with Gasteiger partial charge in [-0.15, -0.1) is 10.2 Å². The highest BCUT2D eigenvalue weighted by Crippen LogP contribution is 2.28. The van der Waals surface area contributed by atoms with E-state index in [0.29, 0.717) is 22.5 Å². The quantitative estimate of drug-likeness (QED) is 0.604. The Morgan fingerprint density at radius 1 is 0.516 bits per heavy atom. The highest BCUT2D eigenvalue weighted by Gasteiger charge is 2.26. The number of rotatable bonds is 4. The van der Waals surface area contributed by atoms with E-state index in [1.54, 1.807) is 48.5 Å². The Morgan fingerprint density at radius 3 is 1.16 bits per heavy atom. The zero-order valence-corrected chi connectivity index (χ0v) is 15.8. The molecule has 9 heteroatoms. The SMILES string of the molecule is O=C1C=CC(=O)N1c1ccc(-c2nnc(-c3ccc(N4C(=O)C=CC4=O)cc3)o2)cc1. The lowest BCUT2D eigenvalue weighted by Gasteiger charge is -2.13. The molecule has 0 unspecified atom stereocenters. The Hall–Kier alpha value is -4.66. The Kier molecular flexibility index (Phi) is 4.14. The van der Waals surface area contributed by atoms with Crippen LogP contribution in [0.1, 0.15) is 0 Å². The van der Waals surface area contributed by atoms with E-state index in [4.69, 9.17) is 4.42 Å². The van der Waals surface area contributed by atoms with Gasteiger partial charge in [0.2, 0.25) is 11.8 Å². The van der Waals surface area contributed by atoms with Crippen LogP contribution in [0.15, 0.2) is 77.3 Å². The molecule has 5 rings (SSSR count). The van der Waals surface area contributed by atoms with E-state index in [0.717, 1.165) is 9.80 Å². The van der Waals surface area contributed by atoms with Crippen LogP contribution in [0.4, 0.5) is 11.4 Å². The zero-order valence-electron chi connectivity index (χ0n) is 15.8. The molecule has 0 fully saturated rings. The van der Waals surface area contributed by atoms with E-state index in [9.17, 15) is 19.2 Å². The number of hydrogen-bond donors (Lipinski definition) is 0. The Labute approximate surface area is 174 Å². The molecule has 3 aromatic rings. The Balaban J connectivity index is 1.35. The van der Waals surface area contributed by atoms with Gasteiger partial charge >= 0.3 is 0 Å². The van der Waals surface area contributed by atoms with Gasteiger partial charge in [-0.1, -0.05) is 0 Å². The summed E-state index contributed by atoms with van der Waals surface area (Å²) < 4.78 is 5.73. The molecule has 2 aliphatic rings. The minimum Gasteiger partial charge on any atom is -0.416 e. The summed E-state index contributed by atoms with van der Waals surface area (Å²) in [5.74, 6) is -1.05. The molecule has 1 aromatic heterocycles. The highest BCUT2D eigenvalue weighted by molar-refractivity contribution is 6.28. The number of benzene rings is 2. The van der Waals surface area contributed by atoms with E-state index in [1.807, 2.05) is 0 Å². The average molecular weight is 412 g/mol. The molecule has 0 saturated carbocycles. The molecule has 0 atom stereocenters. The summed E-state index contributed by atoms with van der Waals surface area (Å²) in [6.07, 6.45) is 4.88. The van der Waals surface area contributed by atoms with Crippen LogP contribution in [-0.2, 0) is 19.2 Å². The topological polar surface area (TPSA) is 114 Å². The molecule has 4 amide bonds. The first-order valence-electron chi connectivity index (χ1n) is 9.18. The summed E-state index contributed by atoms with van der Waals surface area (Å²) in [5.41, 5.74) is 2.12. The maximum Gasteiger partial charge on any atom is 0.258 e. The van der Waals surface area contributed by atoms with Crippen LogP contribution in [0.3, 0.4) is 0 Å². The van der Waals surface area contributed by atoms with Crippen LogP contribution >= 0.6 is 0 Å².